The van der Waals surface area contributed by atoms with Gasteiger partial charge in [0.2, 0.25) is 0 Å². The number of urea groups is 1. The maximum Gasteiger partial charge on any atom is 0.321 e. The summed E-state index contributed by atoms with van der Waals surface area (Å²) in [5.41, 5.74) is 0.722. The molecule has 0 aliphatic carbocycles. The first-order chi connectivity index (χ1) is 11.2. The number of piperidine rings is 1. The van der Waals surface area contributed by atoms with E-state index in [1.807, 2.05) is 29.4 Å². The number of nitrogens with zero attached hydrogens (tertiary/aromatic N) is 3. The van der Waals surface area contributed by atoms with Crippen molar-refractivity contribution in [3.63, 3.8) is 0 Å². The minimum absolute atomic E-state index is 0.0772. The minimum Gasteiger partial charge on any atom is -0.335 e. The second-order valence-corrected chi connectivity index (χ2v) is 6.23. The van der Waals surface area contributed by atoms with Crippen LogP contribution in [0.5, 0.6) is 0 Å². The summed E-state index contributed by atoms with van der Waals surface area (Å²) in [5.74, 6) is 1.37. The van der Waals surface area contributed by atoms with Crippen LogP contribution in [0.25, 0.3) is 0 Å². The number of aryl methyl sites for hydroxylation is 1. The van der Waals surface area contributed by atoms with Crippen molar-refractivity contribution in [1.82, 2.24) is 14.5 Å². The maximum absolute atomic E-state index is 12.5. The monoisotopic (exact) mass is 332 g/mol. The van der Waals surface area contributed by atoms with E-state index in [-0.39, 0.29) is 6.03 Å². The van der Waals surface area contributed by atoms with Gasteiger partial charge in [0, 0.05) is 48.7 Å². The van der Waals surface area contributed by atoms with Crippen LogP contribution in [-0.2, 0) is 6.54 Å². The lowest BCUT2D eigenvalue weighted by atomic mass is 9.97. The Labute approximate surface area is 141 Å². The lowest BCUT2D eigenvalue weighted by molar-refractivity contribution is 0.190. The number of halogens is 1. The fraction of sp³-hybridized carbons (Fsp3) is 0.412. The lowest BCUT2D eigenvalue weighted by Crippen LogP contribution is -2.42. The van der Waals surface area contributed by atoms with Gasteiger partial charge in [-0.05, 0) is 38.0 Å². The highest BCUT2D eigenvalue weighted by Gasteiger charge is 2.27. The van der Waals surface area contributed by atoms with E-state index in [9.17, 15) is 4.79 Å². The number of amides is 2. The van der Waals surface area contributed by atoms with Crippen molar-refractivity contribution in [2.75, 3.05) is 18.4 Å². The first-order valence-corrected chi connectivity index (χ1v) is 8.37. The van der Waals surface area contributed by atoms with Crippen molar-refractivity contribution < 1.29 is 4.79 Å². The summed E-state index contributed by atoms with van der Waals surface area (Å²) in [5, 5.41) is 3.54. The van der Waals surface area contributed by atoms with E-state index in [4.69, 9.17) is 11.6 Å². The molecule has 0 saturated carbocycles. The summed E-state index contributed by atoms with van der Waals surface area (Å²) in [6, 6.07) is 7.14. The van der Waals surface area contributed by atoms with Gasteiger partial charge in [0.1, 0.15) is 5.82 Å². The molecule has 0 spiro atoms. The van der Waals surface area contributed by atoms with Crippen LogP contribution in [0.3, 0.4) is 0 Å². The van der Waals surface area contributed by atoms with Crippen LogP contribution in [-0.4, -0.2) is 33.6 Å². The van der Waals surface area contributed by atoms with Crippen LogP contribution in [0.15, 0.2) is 36.7 Å². The molecule has 1 saturated heterocycles. The highest BCUT2D eigenvalue weighted by molar-refractivity contribution is 6.30. The number of carbonyl (C=O) groups is 1. The average Bonchev–Trinajstić information content (AvgIpc) is 3.03. The van der Waals surface area contributed by atoms with Crippen LogP contribution >= 0.6 is 11.6 Å². The number of hydrogen-bond donors (Lipinski definition) is 1. The Kier molecular flexibility index (Phi) is 4.86. The highest BCUT2D eigenvalue weighted by Crippen LogP contribution is 2.26. The molecular weight excluding hydrogens is 312 g/mol. The van der Waals surface area contributed by atoms with E-state index in [0.717, 1.165) is 37.4 Å². The highest BCUT2D eigenvalue weighted by atomic mass is 35.5. The fourth-order valence-electron chi connectivity index (χ4n) is 3.09. The van der Waals surface area contributed by atoms with Gasteiger partial charge in [-0.1, -0.05) is 17.7 Å². The van der Waals surface area contributed by atoms with Crippen LogP contribution in [0.4, 0.5) is 10.5 Å². The van der Waals surface area contributed by atoms with Crippen LogP contribution in [0, 0.1) is 0 Å². The van der Waals surface area contributed by atoms with E-state index in [2.05, 4.69) is 21.8 Å². The normalized spacial score (nSPS) is 18.0. The molecule has 1 aliphatic heterocycles. The molecule has 2 aromatic rings. The summed E-state index contributed by atoms with van der Waals surface area (Å²) in [7, 11) is 0. The summed E-state index contributed by atoms with van der Waals surface area (Å²) >= 11 is 5.96. The molecule has 2 heterocycles. The summed E-state index contributed by atoms with van der Waals surface area (Å²) < 4.78 is 2.16. The molecule has 23 heavy (non-hydrogen) atoms. The molecule has 0 unspecified atom stereocenters. The number of carbonyl (C=O) groups excluding carboxylic acids is 1. The molecule has 0 radical (unpaired) electrons. The molecule has 2 amide bonds. The van der Waals surface area contributed by atoms with Gasteiger partial charge in [-0.2, -0.15) is 0 Å². The van der Waals surface area contributed by atoms with Gasteiger partial charge in [0.25, 0.3) is 0 Å². The lowest BCUT2D eigenvalue weighted by Gasteiger charge is -2.32. The van der Waals surface area contributed by atoms with Crippen molar-refractivity contribution in [1.29, 1.82) is 0 Å². The standard InChI is InChI=1S/C17H21ClN4O/c1-2-21-10-8-19-16(21)13-5-4-9-22(12-13)17(23)20-15-7-3-6-14(18)11-15/h3,6-8,10-11,13H,2,4-5,9,12H2,1H3,(H,20,23)/t13-/m0/s1. The van der Waals surface area contributed by atoms with Gasteiger partial charge in [-0.25, -0.2) is 9.78 Å². The summed E-state index contributed by atoms with van der Waals surface area (Å²) in [4.78, 5) is 18.8. The van der Waals surface area contributed by atoms with Gasteiger partial charge in [0.05, 0.1) is 0 Å². The average molecular weight is 333 g/mol. The molecule has 6 heteroatoms. The predicted molar refractivity (Wildman–Crippen MR) is 91.9 cm³/mol. The molecule has 122 valence electrons. The van der Waals surface area contributed by atoms with Crippen LogP contribution < -0.4 is 5.32 Å². The fourth-order valence-corrected chi connectivity index (χ4v) is 3.28. The maximum atomic E-state index is 12.5. The van der Waals surface area contributed by atoms with Crippen LogP contribution in [0.2, 0.25) is 5.02 Å². The molecule has 1 atom stereocenters. The zero-order chi connectivity index (χ0) is 16.2. The number of rotatable bonds is 3. The quantitative estimate of drug-likeness (QED) is 0.924. The Bertz CT molecular complexity index is 685. The molecule has 1 aromatic carbocycles. The molecule has 3 rings (SSSR count). The van der Waals surface area contributed by atoms with Gasteiger partial charge >= 0.3 is 6.03 Å². The number of imidazole rings is 1. The number of nitrogens with one attached hydrogen (secondary N) is 1. The summed E-state index contributed by atoms with van der Waals surface area (Å²) in [6.45, 7) is 4.48. The van der Waals surface area contributed by atoms with Crippen molar-refractivity contribution in [3.05, 3.63) is 47.5 Å². The van der Waals surface area contributed by atoms with Gasteiger partial charge in [0.15, 0.2) is 0 Å². The Morgan fingerprint density at radius 1 is 1.48 bits per heavy atom. The zero-order valence-electron chi connectivity index (χ0n) is 13.2. The van der Waals surface area contributed by atoms with Crippen molar-refractivity contribution in [3.8, 4) is 0 Å². The largest absolute Gasteiger partial charge is 0.335 e. The second kappa shape index (κ2) is 7.04. The van der Waals surface area contributed by atoms with E-state index in [0.29, 0.717) is 17.5 Å². The first kappa shape index (κ1) is 15.9. The Morgan fingerprint density at radius 3 is 3.13 bits per heavy atom. The van der Waals surface area contributed by atoms with Crippen molar-refractivity contribution >= 4 is 23.3 Å². The molecule has 0 bridgehead atoms. The third-order valence-corrected chi connectivity index (χ3v) is 4.47. The number of benzene rings is 1. The number of hydrogen-bond acceptors (Lipinski definition) is 2. The Balaban J connectivity index is 1.67. The van der Waals surface area contributed by atoms with Gasteiger partial charge < -0.3 is 14.8 Å². The topological polar surface area (TPSA) is 50.2 Å². The molecule has 1 aromatic heterocycles. The van der Waals surface area contributed by atoms with Gasteiger partial charge in [-0.15, -0.1) is 0 Å². The number of aromatic nitrogens is 2. The minimum atomic E-state index is -0.0772. The SMILES string of the molecule is CCn1ccnc1[C@H]1CCCN(C(=O)Nc2cccc(Cl)c2)C1. The van der Waals surface area contributed by atoms with Crippen molar-refractivity contribution in [2.24, 2.45) is 0 Å². The Morgan fingerprint density at radius 2 is 2.35 bits per heavy atom. The third kappa shape index (κ3) is 3.67. The number of likely N-dealkylation sites (tertiary alicyclic amines) is 1. The Hall–Kier alpha value is -2.01. The van der Waals surface area contributed by atoms with E-state index < -0.39 is 0 Å². The molecular formula is C17H21ClN4O. The van der Waals surface area contributed by atoms with E-state index in [1.54, 1.807) is 12.1 Å². The van der Waals surface area contributed by atoms with Crippen LogP contribution in [0.1, 0.15) is 31.5 Å². The molecule has 5 nitrogen and oxygen atoms in total. The zero-order valence-corrected chi connectivity index (χ0v) is 14.0. The molecule has 1 N–H and O–H groups in total. The van der Waals surface area contributed by atoms with E-state index in [1.165, 1.54) is 0 Å². The summed E-state index contributed by atoms with van der Waals surface area (Å²) in [6.07, 6.45) is 5.90. The third-order valence-electron chi connectivity index (χ3n) is 4.24. The number of anilines is 1. The van der Waals surface area contributed by atoms with E-state index >= 15 is 0 Å². The first-order valence-electron chi connectivity index (χ1n) is 8.00. The smallest absolute Gasteiger partial charge is 0.321 e. The second-order valence-electron chi connectivity index (χ2n) is 5.80. The van der Waals surface area contributed by atoms with Gasteiger partial charge in [-0.3, -0.25) is 0 Å². The molecule has 1 fully saturated rings. The predicted octanol–water partition coefficient (Wildman–Crippen LogP) is 3.97. The van der Waals surface area contributed by atoms with Crippen molar-refractivity contribution in [2.45, 2.75) is 32.2 Å². The molecule has 1 aliphatic rings.